The second-order valence-corrected chi connectivity index (χ2v) is 5.15. The van der Waals surface area contributed by atoms with Gasteiger partial charge < -0.3 is 10.5 Å². The molecule has 0 aromatic rings. The van der Waals surface area contributed by atoms with Gasteiger partial charge in [0.25, 0.3) is 16.1 Å². The van der Waals surface area contributed by atoms with Gasteiger partial charge >= 0.3 is 0 Å². The molecule has 1 aliphatic rings. The van der Waals surface area contributed by atoms with Crippen molar-refractivity contribution in [1.82, 2.24) is 9.03 Å². The smallest absolute Gasteiger partial charge is 0.279 e. The Balaban J connectivity index is 0.00000256. The van der Waals surface area contributed by atoms with Gasteiger partial charge in [0.2, 0.25) is 0 Å². The molecule has 10 heteroatoms. The molecule has 1 heterocycles. The molecule has 0 aliphatic carbocycles. The lowest BCUT2D eigenvalue weighted by atomic mass is 10.3. The largest absolute Gasteiger partial charge is 0.379 e. The molecule has 0 bridgehead atoms. The summed E-state index contributed by atoms with van der Waals surface area (Å²) in [6.07, 6.45) is 0. The van der Waals surface area contributed by atoms with Crippen LogP contribution in [0.5, 0.6) is 0 Å². The van der Waals surface area contributed by atoms with Gasteiger partial charge in [-0.1, -0.05) is 0 Å². The van der Waals surface area contributed by atoms with Crippen molar-refractivity contribution >= 4 is 22.6 Å². The van der Waals surface area contributed by atoms with Gasteiger partial charge in [-0.2, -0.15) is 17.4 Å². The van der Waals surface area contributed by atoms with Crippen LogP contribution in [-0.2, 0) is 14.9 Å². The molecule has 0 aromatic heterocycles. The quantitative estimate of drug-likeness (QED) is 0.693. The Kier molecular flexibility index (Phi) is 6.74. The van der Waals surface area contributed by atoms with Crippen LogP contribution in [0.2, 0.25) is 0 Å². The molecule has 0 atom stereocenters. The fourth-order valence-electron chi connectivity index (χ4n) is 1.15. The van der Waals surface area contributed by atoms with Gasteiger partial charge in [0, 0.05) is 13.1 Å². The Morgan fingerprint density at radius 1 is 1.35 bits per heavy atom. The maximum atomic E-state index is 12.8. The average Bonchev–Trinajstić information content (AvgIpc) is 2.28. The van der Waals surface area contributed by atoms with Crippen LogP contribution in [0.3, 0.4) is 0 Å². The molecular weight excluding hydrogens is 280 g/mol. The van der Waals surface area contributed by atoms with E-state index in [-0.39, 0.29) is 38.7 Å². The minimum absolute atomic E-state index is 0. The number of nitrogens with zero attached hydrogens (tertiary/aromatic N) is 1. The predicted octanol–water partition coefficient (Wildman–Crippen LogP) is -0.831. The SMILES string of the molecule is Cl.NCC(F)(F)CNS(=O)(=O)N1CCOCC1. The molecule has 0 unspecified atom stereocenters. The first kappa shape index (κ1) is 16.9. The summed E-state index contributed by atoms with van der Waals surface area (Å²) in [7, 11) is -3.86. The molecule has 6 nitrogen and oxygen atoms in total. The lowest BCUT2D eigenvalue weighted by molar-refractivity contribution is 0.0161. The zero-order valence-corrected chi connectivity index (χ0v) is 10.7. The number of morpholine rings is 1. The molecule has 104 valence electrons. The van der Waals surface area contributed by atoms with Crippen molar-refractivity contribution in [3.05, 3.63) is 0 Å². The third-order valence-electron chi connectivity index (χ3n) is 2.12. The van der Waals surface area contributed by atoms with Crippen LogP contribution < -0.4 is 10.5 Å². The molecule has 1 fully saturated rings. The van der Waals surface area contributed by atoms with Crippen LogP contribution in [0.1, 0.15) is 0 Å². The maximum Gasteiger partial charge on any atom is 0.279 e. The Hall–Kier alpha value is -0.0600. The van der Waals surface area contributed by atoms with Crippen molar-refractivity contribution in [3.63, 3.8) is 0 Å². The fraction of sp³-hybridized carbons (Fsp3) is 1.00. The van der Waals surface area contributed by atoms with Crippen LogP contribution in [0.4, 0.5) is 8.78 Å². The van der Waals surface area contributed by atoms with Crippen LogP contribution in [0.15, 0.2) is 0 Å². The molecule has 1 aliphatic heterocycles. The van der Waals surface area contributed by atoms with Gasteiger partial charge in [-0.25, -0.2) is 8.78 Å². The second-order valence-electron chi connectivity index (χ2n) is 3.40. The first-order valence-corrected chi connectivity index (χ1v) is 6.22. The van der Waals surface area contributed by atoms with E-state index in [1.54, 1.807) is 0 Å². The molecule has 17 heavy (non-hydrogen) atoms. The maximum absolute atomic E-state index is 12.8. The third-order valence-corrected chi connectivity index (χ3v) is 3.68. The van der Waals surface area contributed by atoms with E-state index in [0.717, 1.165) is 4.31 Å². The Morgan fingerprint density at radius 3 is 2.35 bits per heavy atom. The Labute approximate surface area is 105 Å². The second kappa shape index (κ2) is 6.76. The zero-order chi connectivity index (χ0) is 12.2. The van der Waals surface area contributed by atoms with Crippen LogP contribution in [0.25, 0.3) is 0 Å². The minimum Gasteiger partial charge on any atom is -0.379 e. The number of nitrogens with one attached hydrogen (secondary N) is 1. The molecule has 0 spiro atoms. The lowest BCUT2D eigenvalue weighted by Crippen LogP contribution is -2.50. The molecule has 0 amide bonds. The molecule has 0 saturated carbocycles. The monoisotopic (exact) mass is 295 g/mol. The van der Waals surface area contributed by atoms with E-state index in [9.17, 15) is 17.2 Å². The lowest BCUT2D eigenvalue weighted by Gasteiger charge is -2.26. The summed E-state index contributed by atoms with van der Waals surface area (Å²) in [5.74, 6) is -3.22. The standard InChI is InChI=1S/C7H15F2N3O3S.ClH/c8-7(9,5-10)6-11-16(13,14)12-1-3-15-4-2-12;/h11H,1-6,10H2;1H. The van der Waals surface area contributed by atoms with Crippen molar-refractivity contribution in [1.29, 1.82) is 0 Å². The third kappa shape index (κ3) is 5.40. The molecular formula is C7H16ClF2N3O3S. The van der Waals surface area contributed by atoms with E-state index < -0.39 is 29.2 Å². The molecule has 1 saturated heterocycles. The summed E-state index contributed by atoms with van der Waals surface area (Å²) in [6.45, 7) is -0.989. The number of alkyl halides is 2. The number of nitrogens with two attached hydrogens (primary N) is 1. The zero-order valence-electron chi connectivity index (χ0n) is 9.06. The van der Waals surface area contributed by atoms with Gasteiger partial charge in [-0.05, 0) is 0 Å². The van der Waals surface area contributed by atoms with Crippen molar-refractivity contribution in [3.8, 4) is 0 Å². The first-order valence-electron chi connectivity index (χ1n) is 4.78. The summed E-state index contributed by atoms with van der Waals surface area (Å²) >= 11 is 0. The van der Waals surface area contributed by atoms with Gasteiger partial charge in [-0.15, -0.1) is 12.4 Å². The van der Waals surface area contributed by atoms with Crippen LogP contribution >= 0.6 is 12.4 Å². The van der Waals surface area contributed by atoms with Crippen molar-refractivity contribution in [2.24, 2.45) is 5.73 Å². The Bertz CT molecular complexity index is 322. The topological polar surface area (TPSA) is 84.7 Å². The van der Waals surface area contributed by atoms with E-state index in [0.29, 0.717) is 0 Å². The molecule has 3 N–H and O–H groups in total. The van der Waals surface area contributed by atoms with Gasteiger partial charge in [-0.3, -0.25) is 0 Å². The van der Waals surface area contributed by atoms with Gasteiger partial charge in [0.05, 0.1) is 26.3 Å². The number of hydrogen-bond donors (Lipinski definition) is 2. The molecule has 0 aromatic carbocycles. The normalized spacial score (nSPS) is 18.8. The number of ether oxygens (including phenoxy) is 1. The number of rotatable bonds is 5. The first-order chi connectivity index (χ1) is 7.37. The van der Waals surface area contributed by atoms with Crippen molar-refractivity contribution in [2.45, 2.75) is 5.92 Å². The summed E-state index contributed by atoms with van der Waals surface area (Å²) in [6, 6.07) is 0. The molecule has 0 radical (unpaired) electrons. The highest BCUT2D eigenvalue weighted by molar-refractivity contribution is 7.87. The number of hydrogen-bond acceptors (Lipinski definition) is 4. The van der Waals surface area contributed by atoms with Crippen molar-refractivity contribution < 1.29 is 21.9 Å². The van der Waals surface area contributed by atoms with Gasteiger partial charge in [0.1, 0.15) is 0 Å². The van der Waals surface area contributed by atoms with E-state index >= 15 is 0 Å². The summed E-state index contributed by atoms with van der Waals surface area (Å²) in [4.78, 5) is 0. The van der Waals surface area contributed by atoms with E-state index in [1.165, 1.54) is 0 Å². The average molecular weight is 296 g/mol. The molecule has 1 rings (SSSR count). The van der Waals surface area contributed by atoms with E-state index in [2.05, 4.69) is 0 Å². The summed E-state index contributed by atoms with van der Waals surface area (Å²) in [5.41, 5.74) is 4.80. The van der Waals surface area contributed by atoms with Crippen LogP contribution in [0, 0.1) is 0 Å². The minimum atomic E-state index is -3.86. The summed E-state index contributed by atoms with van der Waals surface area (Å²) < 4.78 is 56.4. The van der Waals surface area contributed by atoms with Gasteiger partial charge in [0.15, 0.2) is 0 Å². The fourth-order valence-corrected chi connectivity index (χ4v) is 2.35. The van der Waals surface area contributed by atoms with Crippen LogP contribution in [-0.4, -0.2) is 58.0 Å². The Morgan fingerprint density at radius 2 is 1.88 bits per heavy atom. The highest BCUT2D eigenvalue weighted by atomic mass is 35.5. The van der Waals surface area contributed by atoms with E-state index in [4.69, 9.17) is 10.5 Å². The number of halogens is 3. The summed E-state index contributed by atoms with van der Waals surface area (Å²) in [5, 5.41) is 0. The van der Waals surface area contributed by atoms with E-state index in [1.807, 2.05) is 4.72 Å². The van der Waals surface area contributed by atoms with Crippen molar-refractivity contribution in [2.75, 3.05) is 39.4 Å². The highest BCUT2D eigenvalue weighted by Gasteiger charge is 2.31. The predicted molar refractivity (Wildman–Crippen MR) is 60.6 cm³/mol. The highest BCUT2D eigenvalue weighted by Crippen LogP contribution is 2.10.